The molecule has 1 N–H and O–H groups in total. The standard InChI is InChI=1S/C18H24N4O3S/c1-11-14(17(24)25-4)12(2)20-15(11)16(23)13(3)21-6-8-22(9-7-21)18-19-5-10-26-18/h5,10,13,20H,6-9H2,1-4H3. The Bertz CT molecular complexity index is 792. The second-order valence-corrected chi connectivity index (χ2v) is 7.37. The molecule has 0 spiro atoms. The molecule has 0 radical (unpaired) electrons. The number of nitrogens with one attached hydrogen (secondary N) is 1. The first-order valence-electron chi connectivity index (χ1n) is 8.64. The van der Waals surface area contributed by atoms with E-state index in [9.17, 15) is 9.59 Å². The fourth-order valence-corrected chi connectivity index (χ4v) is 4.15. The summed E-state index contributed by atoms with van der Waals surface area (Å²) in [6.07, 6.45) is 1.81. The van der Waals surface area contributed by atoms with E-state index in [4.69, 9.17) is 4.74 Å². The monoisotopic (exact) mass is 376 g/mol. The Balaban J connectivity index is 1.70. The van der Waals surface area contributed by atoms with E-state index in [1.807, 2.05) is 18.5 Å². The zero-order chi connectivity index (χ0) is 18.8. The number of anilines is 1. The SMILES string of the molecule is COC(=O)c1c(C)[nH]c(C(=O)C(C)N2CCN(c3nccs3)CC2)c1C. The molecule has 1 atom stereocenters. The van der Waals surface area contributed by atoms with Gasteiger partial charge in [-0.25, -0.2) is 9.78 Å². The van der Waals surface area contributed by atoms with Gasteiger partial charge in [-0.05, 0) is 26.3 Å². The van der Waals surface area contributed by atoms with Crippen LogP contribution in [0.5, 0.6) is 0 Å². The second-order valence-electron chi connectivity index (χ2n) is 6.49. The number of piperazine rings is 1. The van der Waals surface area contributed by atoms with Crippen LogP contribution in [0.15, 0.2) is 11.6 Å². The van der Waals surface area contributed by atoms with Gasteiger partial charge in [0.2, 0.25) is 0 Å². The minimum atomic E-state index is -0.417. The van der Waals surface area contributed by atoms with E-state index in [2.05, 4.69) is 19.8 Å². The second kappa shape index (κ2) is 7.59. The molecule has 2 aromatic rings. The number of methoxy groups -OCH3 is 1. The molecule has 7 nitrogen and oxygen atoms in total. The van der Waals surface area contributed by atoms with Crippen molar-refractivity contribution in [3.8, 4) is 0 Å². The van der Waals surface area contributed by atoms with Crippen LogP contribution in [0, 0.1) is 13.8 Å². The normalized spacial score (nSPS) is 16.5. The van der Waals surface area contributed by atoms with E-state index in [-0.39, 0.29) is 11.8 Å². The van der Waals surface area contributed by atoms with Crippen molar-refractivity contribution >= 4 is 28.2 Å². The molecule has 8 heteroatoms. The molecule has 0 aliphatic carbocycles. The van der Waals surface area contributed by atoms with Gasteiger partial charge in [-0.1, -0.05) is 0 Å². The molecule has 3 rings (SSSR count). The highest BCUT2D eigenvalue weighted by molar-refractivity contribution is 7.13. The quantitative estimate of drug-likeness (QED) is 0.637. The van der Waals surface area contributed by atoms with Gasteiger partial charge in [-0.3, -0.25) is 9.69 Å². The van der Waals surface area contributed by atoms with Crippen molar-refractivity contribution in [1.82, 2.24) is 14.9 Å². The first-order valence-corrected chi connectivity index (χ1v) is 9.52. The lowest BCUT2D eigenvalue weighted by Crippen LogP contribution is -2.51. The molecule has 1 unspecified atom stereocenters. The number of aryl methyl sites for hydroxylation is 1. The molecule has 0 aromatic carbocycles. The molecule has 3 heterocycles. The van der Waals surface area contributed by atoms with Gasteiger partial charge in [-0.2, -0.15) is 0 Å². The summed E-state index contributed by atoms with van der Waals surface area (Å²) in [6, 6.07) is -0.254. The number of hydrogen-bond acceptors (Lipinski definition) is 7. The molecule has 0 amide bonds. The molecule has 1 aliphatic heterocycles. The Morgan fingerprint density at radius 2 is 1.96 bits per heavy atom. The van der Waals surface area contributed by atoms with Crippen LogP contribution in [0.3, 0.4) is 0 Å². The summed E-state index contributed by atoms with van der Waals surface area (Å²) in [6.45, 7) is 8.80. The first kappa shape index (κ1) is 18.6. The smallest absolute Gasteiger partial charge is 0.339 e. The van der Waals surface area contributed by atoms with Gasteiger partial charge >= 0.3 is 5.97 Å². The van der Waals surface area contributed by atoms with Crippen molar-refractivity contribution in [3.63, 3.8) is 0 Å². The first-order chi connectivity index (χ1) is 12.4. The third-order valence-electron chi connectivity index (χ3n) is 5.00. The number of ketones is 1. The Morgan fingerprint density at radius 3 is 2.54 bits per heavy atom. The molecule has 0 bridgehead atoms. The lowest BCUT2D eigenvalue weighted by Gasteiger charge is -2.37. The average Bonchev–Trinajstić information content (AvgIpc) is 3.28. The molecule has 1 saturated heterocycles. The third-order valence-corrected chi connectivity index (χ3v) is 5.84. The number of H-pyrrole nitrogens is 1. The fraction of sp³-hybridized carbons (Fsp3) is 0.500. The van der Waals surface area contributed by atoms with E-state index in [1.165, 1.54) is 7.11 Å². The van der Waals surface area contributed by atoms with Gasteiger partial charge in [0, 0.05) is 43.4 Å². The number of rotatable bonds is 5. The van der Waals surface area contributed by atoms with Crippen molar-refractivity contribution in [1.29, 1.82) is 0 Å². The van der Waals surface area contributed by atoms with Crippen molar-refractivity contribution in [2.75, 3.05) is 38.2 Å². The molecule has 2 aromatic heterocycles. The number of esters is 1. The number of aromatic nitrogens is 2. The van der Waals surface area contributed by atoms with Crippen LogP contribution in [0.2, 0.25) is 0 Å². The summed E-state index contributed by atoms with van der Waals surface area (Å²) in [5, 5.41) is 3.01. The lowest BCUT2D eigenvalue weighted by molar-refractivity contribution is 0.0599. The van der Waals surface area contributed by atoms with Gasteiger partial charge in [0.25, 0.3) is 0 Å². The zero-order valence-electron chi connectivity index (χ0n) is 15.5. The largest absolute Gasteiger partial charge is 0.465 e. The highest BCUT2D eigenvalue weighted by atomic mass is 32.1. The summed E-state index contributed by atoms with van der Waals surface area (Å²) in [7, 11) is 1.35. The van der Waals surface area contributed by atoms with Gasteiger partial charge in [-0.15, -0.1) is 11.3 Å². The maximum absolute atomic E-state index is 13.0. The summed E-state index contributed by atoms with van der Waals surface area (Å²) in [5.74, 6) is -0.413. The topological polar surface area (TPSA) is 78.5 Å². The van der Waals surface area contributed by atoms with Crippen LogP contribution in [-0.2, 0) is 4.74 Å². The van der Waals surface area contributed by atoms with Gasteiger partial charge in [0.05, 0.1) is 24.4 Å². The molecule has 140 valence electrons. The summed E-state index contributed by atoms with van der Waals surface area (Å²) < 4.78 is 4.82. The van der Waals surface area contributed by atoms with E-state index >= 15 is 0 Å². The Kier molecular flexibility index (Phi) is 5.43. The van der Waals surface area contributed by atoms with E-state index in [0.717, 1.165) is 31.3 Å². The van der Waals surface area contributed by atoms with Gasteiger partial charge in [0.1, 0.15) is 0 Å². The molecular formula is C18H24N4O3S. The molecule has 1 aliphatic rings. The lowest BCUT2D eigenvalue weighted by atomic mass is 10.0. The van der Waals surface area contributed by atoms with Crippen molar-refractivity contribution in [2.45, 2.75) is 26.8 Å². The number of carbonyl (C=O) groups excluding carboxylic acids is 2. The Hall–Kier alpha value is -2.19. The van der Waals surface area contributed by atoms with E-state index in [0.29, 0.717) is 22.5 Å². The molecule has 26 heavy (non-hydrogen) atoms. The van der Waals surface area contributed by atoms with Crippen LogP contribution in [0.4, 0.5) is 5.13 Å². The maximum Gasteiger partial charge on any atom is 0.339 e. The number of nitrogens with zero attached hydrogens (tertiary/aromatic N) is 3. The zero-order valence-corrected chi connectivity index (χ0v) is 16.4. The predicted octanol–water partition coefficient (Wildman–Crippen LogP) is 2.27. The number of thiazole rings is 1. The Labute approximate surface area is 157 Å². The Morgan fingerprint density at radius 1 is 1.27 bits per heavy atom. The summed E-state index contributed by atoms with van der Waals surface area (Å²) in [5.41, 5.74) is 2.28. The minimum absolute atomic E-state index is 0.00320. The van der Waals surface area contributed by atoms with Crippen LogP contribution in [-0.4, -0.2) is 66.0 Å². The van der Waals surface area contributed by atoms with E-state index < -0.39 is 5.97 Å². The third kappa shape index (κ3) is 3.39. The molecule has 0 saturated carbocycles. The van der Waals surface area contributed by atoms with Gasteiger partial charge in [0.15, 0.2) is 10.9 Å². The summed E-state index contributed by atoms with van der Waals surface area (Å²) >= 11 is 1.63. The van der Waals surface area contributed by atoms with Crippen LogP contribution >= 0.6 is 11.3 Å². The van der Waals surface area contributed by atoms with E-state index in [1.54, 1.807) is 25.2 Å². The highest BCUT2D eigenvalue weighted by Crippen LogP contribution is 2.23. The van der Waals surface area contributed by atoms with Crippen LogP contribution in [0.1, 0.15) is 39.0 Å². The molecular weight excluding hydrogens is 352 g/mol. The minimum Gasteiger partial charge on any atom is -0.465 e. The number of Topliss-reactive ketones (excluding diaryl/α,β-unsaturated/α-hetero) is 1. The molecule has 1 fully saturated rings. The fourth-order valence-electron chi connectivity index (χ4n) is 3.45. The maximum atomic E-state index is 13.0. The van der Waals surface area contributed by atoms with Crippen molar-refractivity contribution in [2.24, 2.45) is 0 Å². The number of carbonyl (C=O) groups is 2. The van der Waals surface area contributed by atoms with Crippen molar-refractivity contribution < 1.29 is 14.3 Å². The number of aromatic amines is 1. The van der Waals surface area contributed by atoms with Crippen LogP contribution in [0.25, 0.3) is 0 Å². The van der Waals surface area contributed by atoms with Gasteiger partial charge < -0.3 is 14.6 Å². The number of ether oxygens (including phenoxy) is 1. The van der Waals surface area contributed by atoms with Crippen LogP contribution < -0.4 is 4.90 Å². The summed E-state index contributed by atoms with van der Waals surface area (Å²) in [4.78, 5) is 36.8. The van der Waals surface area contributed by atoms with Crippen molar-refractivity contribution in [3.05, 3.63) is 34.1 Å². The predicted molar refractivity (Wildman–Crippen MR) is 101 cm³/mol. The highest BCUT2D eigenvalue weighted by Gasteiger charge is 2.30. The number of hydrogen-bond donors (Lipinski definition) is 1. The average molecular weight is 376 g/mol.